The van der Waals surface area contributed by atoms with Crippen molar-refractivity contribution in [2.75, 3.05) is 0 Å². The lowest BCUT2D eigenvalue weighted by molar-refractivity contribution is -0.134. The summed E-state index contributed by atoms with van der Waals surface area (Å²) < 4.78 is 25.2. The second-order valence-corrected chi connectivity index (χ2v) is 6.47. The number of oxazole rings is 1. The van der Waals surface area contributed by atoms with Crippen molar-refractivity contribution in [1.29, 1.82) is 0 Å². The molecule has 4 nitrogen and oxygen atoms in total. The third-order valence-corrected chi connectivity index (χ3v) is 4.14. The highest BCUT2D eigenvalue weighted by Gasteiger charge is 2.13. The van der Waals surface area contributed by atoms with Gasteiger partial charge in [-0.3, -0.25) is 4.79 Å². The van der Waals surface area contributed by atoms with Gasteiger partial charge in [0, 0.05) is 10.9 Å². The molecule has 0 saturated carbocycles. The summed E-state index contributed by atoms with van der Waals surface area (Å²) in [5, 5.41) is 0.334. The predicted octanol–water partition coefficient (Wildman–Crippen LogP) is 5.43. The van der Waals surface area contributed by atoms with Crippen molar-refractivity contribution >= 4 is 33.5 Å². The van der Waals surface area contributed by atoms with E-state index in [2.05, 4.69) is 20.9 Å². The van der Waals surface area contributed by atoms with Crippen LogP contribution < -0.4 is 4.74 Å². The minimum Gasteiger partial charge on any atom is -0.441 e. The Morgan fingerprint density at radius 3 is 2.84 bits per heavy atom. The third-order valence-electron chi connectivity index (χ3n) is 3.35. The topological polar surface area (TPSA) is 52.3 Å². The van der Waals surface area contributed by atoms with Crippen LogP contribution in [0.15, 0.2) is 57.6 Å². The van der Waals surface area contributed by atoms with Gasteiger partial charge < -0.3 is 9.15 Å². The summed E-state index contributed by atoms with van der Waals surface area (Å²) in [6, 6.07) is 11.2. The molecule has 25 heavy (non-hydrogen) atoms. The molecule has 0 atom stereocenters. The smallest absolute Gasteiger partial charge is 0.311 e. The van der Waals surface area contributed by atoms with Gasteiger partial charge in [-0.1, -0.05) is 39.7 Å². The fraction of sp³-hybridized carbons (Fsp3) is 0.111. The van der Waals surface area contributed by atoms with Crippen LogP contribution in [0.4, 0.5) is 4.39 Å². The highest BCUT2D eigenvalue weighted by atomic mass is 79.9. The van der Waals surface area contributed by atoms with E-state index in [4.69, 9.17) is 20.8 Å². The van der Waals surface area contributed by atoms with Gasteiger partial charge in [0.05, 0.1) is 23.2 Å². The minimum absolute atomic E-state index is 0.0591. The Balaban J connectivity index is 1.60. The van der Waals surface area contributed by atoms with Crippen LogP contribution in [-0.4, -0.2) is 11.0 Å². The van der Waals surface area contributed by atoms with Crippen molar-refractivity contribution < 1.29 is 18.3 Å². The second-order valence-electron chi connectivity index (χ2n) is 5.15. The Morgan fingerprint density at radius 2 is 2.08 bits per heavy atom. The molecule has 0 aliphatic carbocycles. The van der Waals surface area contributed by atoms with Crippen LogP contribution in [0.3, 0.4) is 0 Å². The van der Waals surface area contributed by atoms with Gasteiger partial charge >= 0.3 is 5.97 Å². The molecule has 0 aliphatic heterocycles. The fourth-order valence-corrected chi connectivity index (χ4v) is 2.86. The Hall–Kier alpha value is -2.18. The summed E-state index contributed by atoms with van der Waals surface area (Å²) in [4.78, 5) is 16.0. The Morgan fingerprint density at radius 1 is 1.28 bits per heavy atom. The summed E-state index contributed by atoms with van der Waals surface area (Å²) in [6.07, 6.45) is 1.73. The minimum atomic E-state index is -0.463. The molecular formula is C18H12BrClFNO3. The van der Waals surface area contributed by atoms with E-state index in [9.17, 15) is 9.18 Å². The number of aryl methyl sites for hydroxylation is 1. The number of carbonyl (C=O) groups excluding carboxylic acids is 1. The van der Waals surface area contributed by atoms with Crippen molar-refractivity contribution in [1.82, 2.24) is 4.98 Å². The SMILES string of the molecule is O=C(CCc1ncc(-c2ccccc2F)o1)Oc1ccc(Br)cc1Cl. The van der Waals surface area contributed by atoms with Crippen LogP contribution >= 0.6 is 27.5 Å². The maximum absolute atomic E-state index is 13.7. The van der Waals surface area contributed by atoms with Gasteiger partial charge in [0.2, 0.25) is 0 Å². The lowest BCUT2D eigenvalue weighted by atomic mass is 10.2. The molecule has 0 aliphatic rings. The Kier molecular flexibility index (Phi) is 5.50. The van der Waals surface area contributed by atoms with Gasteiger partial charge in [0.1, 0.15) is 11.6 Å². The first-order valence-electron chi connectivity index (χ1n) is 7.38. The maximum atomic E-state index is 13.7. The molecule has 1 aromatic heterocycles. The van der Waals surface area contributed by atoms with E-state index in [1.165, 1.54) is 12.3 Å². The number of nitrogens with zero attached hydrogens (tertiary/aromatic N) is 1. The zero-order valence-electron chi connectivity index (χ0n) is 12.8. The Labute approximate surface area is 156 Å². The van der Waals surface area contributed by atoms with Gasteiger partial charge in [0.15, 0.2) is 11.7 Å². The van der Waals surface area contributed by atoms with Crippen molar-refractivity contribution in [3.63, 3.8) is 0 Å². The molecule has 128 valence electrons. The predicted molar refractivity (Wildman–Crippen MR) is 95.0 cm³/mol. The molecule has 1 heterocycles. The maximum Gasteiger partial charge on any atom is 0.311 e. The molecule has 0 bridgehead atoms. The van der Waals surface area contributed by atoms with Crippen LogP contribution in [0, 0.1) is 5.82 Å². The zero-order valence-corrected chi connectivity index (χ0v) is 15.2. The standard InChI is InChI=1S/C18H12BrClFNO3/c19-11-5-6-15(13(20)9-11)25-18(23)8-7-17-22-10-16(24-17)12-3-1-2-4-14(12)21/h1-6,9-10H,7-8H2. The van der Waals surface area contributed by atoms with Crippen molar-refractivity contribution in [2.45, 2.75) is 12.8 Å². The normalized spacial score (nSPS) is 10.7. The molecule has 0 fully saturated rings. The van der Waals surface area contributed by atoms with E-state index in [-0.39, 0.29) is 18.6 Å². The van der Waals surface area contributed by atoms with Crippen LogP contribution in [0.25, 0.3) is 11.3 Å². The van der Waals surface area contributed by atoms with Gasteiger partial charge in [-0.2, -0.15) is 0 Å². The van der Waals surface area contributed by atoms with Crippen LogP contribution in [0.2, 0.25) is 5.02 Å². The Bertz CT molecular complexity index is 913. The number of aromatic nitrogens is 1. The molecule has 0 amide bonds. The van der Waals surface area contributed by atoms with E-state index in [1.54, 1.807) is 36.4 Å². The molecule has 0 unspecified atom stereocenters. The van der Waals surface area contributed by atoms with Crippen molar-refractivity contribution in [3.8, 4) is 17.1 Å². The molecule has 7 heteroatoms. The van der Waals surface area contributed by atoms with E-state index < -0.39 is 11.8 Å². The molecule has 0 spiro atoms. The van der Waals surface area contributed by atoms with Crippen LogP contribution in [0.5, 0.6) is 5.75 Å². The van der Waals surface area contributed by atoms with Crippen molar-refractivity contribution in [3.05, 3.63) is 69.9 Å². The number of halogens is 3. The number of esters is 1. The zero-order chi connectivity index (χ0) is 17.8. The average molecular weight is 425 g/mol. The molecule has 3 rings (SSSR count). The van der Waals surface area contributed by atoms with Crippen LogP contribution in [-0.2, 0) is 11.2 Å². The lowest BCUT2D eigenvalue weighted by Crippen LogP contribution is -2.09. The number of hydrogen-bond acceptors (Lipinski definition) is 4. The van der Waals surface area contributed by atoms with Crippen LogP contribution in [0.1, 0.15) is 12.3 Å². The second kappa shape index (κ2) is 7.80. The molecule has 3 aromatic rings. The summed E-state index contributed by atoms with van der Waals surface area (Å²) in [7, 11) is 0. The molecule has 0 saturated heterocycles. The van der Waals surface area contributed by atoms with E-state index in [0.29, 0.717) is 22.2 Å². The first-order chi connectivity index (χ1) is 12.0. The van der Waals surface area contributed by atoms with E-state index >= 15 is 0 Å². The van der Waals surface area contributed by atoms with Crippen molar-refractivity contribution in [2.24, 2.45) is 0 Å². The number of carbonyl (C=O) groups is 1. The van der Waals surface area contributed by atoms with E-state index in [1.807, 2.05) is 0 Å². The number of benzene rings is 2. The highest BCUT2D eigenvalue weighted by molar-refractivity contribution is 9.10. The van der Waals surface area contributed by atoms with Gasteiger partial charge in [-0.05, 0) is 30.3 Å². The summed E-state index contributed by atoms with van der Waals surface area (Å²) >= 11 is 9.28. The van der Waals surface area contributed by atoms with Gasteiger partial charge in [-0.15, -0.1) is 0 Å². The lowest BCUT2D eigenvalue weighted by Gasteiger charge is -2.05. The first-order valence-corrected chi connectivity index (χ1v) is 8.55. The number of hydrogen-bond donors (Lipinski definition) is 0. The summed E-state index contributed by atoms with van der Waals surface area (Å²) in [5.74, 6) is 0.0770. The fourth-order valence-electron chi connectivity index (χ4n) is 2.15. The molecule has 0 radical (unpaired) electrons. The summed E-state index contributed by atoms with van der Waals surface area (Å²) in [6.45, 7) is 0. The number of rotatable bonds is 5. The number of ether oxygens (including phenoxy) is 1. The van der Waals surface area contributed by atoms with E-state index in [0.717, 1.165) is 4.47 Å². The average Bonchev–Trinajstić information content (AvgIpc) is 3.05. The molecule has 2 aromatic carbocycles. The summed E-state index contributed by atoms with van der Waals surface area (Å²) in [5.41, 5.74) is 0.325. The molecule has 0 N–H and O–H groups in total. The van der Waals surface area contributed by atoms with Gasteiger partial charge in [-0.25, -0.2) is 9.37 Å². The largest absolute Gasteiger partial charge is 0.441 e. The third kappa shape index (κ3) is 4.46. The monoisotopic (exact) mass is 423 g/mol. The highest BCUT2D eigenvalue weighted by Crippen LogP contribution is 2.28. The van der Waals surface area contributed by atoms with Gasteiger partial charge in [0.25, 0.3) is 0 Å². The first kappa shape index (κ1) is 17.6. The quantitative estimate of drug-likeness (QED) is 0.404. The molecular weight excluding hydrogens is 413 g/mol.